The van der Waals surface area contributed by atoms with Crippen LogP contribution in [0.4, 0.5) is 5.82 Å². The minimum absolute atomic E-state index is 0.505. The van der Waals surface area contributed by atoms with Crippen LogP contribution >= 0.6 is 0 Å². The van der Waals surface area contributed by atoms with Crippen LogP contribution in [0.25, 0.3) is 11.3 Å². The number of hydrogen-bond acceptors (Lipinski definition) is 3. The van der Waals surface area contributed by atoms with Gasteiger partial charge in [-0.1, -0.05) is 13.8 Å². The summed E-state index contributed by atoms with van der Waals surface area (Å²) in [6, 6.07) is 5.12. The van der Waals surface area contributed by atoms with E-state index in [0.29, 0.717) is 12.1 Å². The maximum Gasteiger partial charge on any atom is 0.128 e. The first-order valence-electron chi connectivity index (χ1n) is 7.50. The number of pyridine rings is 1. The van der Waals surface area contributed by atoms with E-state index in [-0.39, 0.29) is 0 Å². The first kappa shape index (κ1) is 13.2. The van der Waals surface area contributed by atoms with Crippen molar-refractivity contribution >= 4 is 5.82 Å². The van der Waals surface area contributed by atoms with Crippen molar-refractivity contribution in [1.29, 1.82) is 0 Å². The van der Waals surface area contributed by atoms with E-state index < -0.39 is 0 Å². The number of nitrogens with zero attached hydrogens (tertiary/aromatic N) is 3. The second kappa shape index (κ2) is 5.27. The van der Waals surface area contributed by atoms with E-state index in [9.17, 15) is 0 Å². The summed E-state index contributed by atoms with van der Waals surface area (Å²) in [5.41, 5.74) is 3.46. The number of anilines is 1. The van der Waals surface area contributed by atoms with Crippen LogP contribution in [-0.4, -0.2) is 20.8 Å². The lowest BCUT2D eigenvalue weighted by Crippen LogP contribution is -2.31. The van der Waals surface area contributed by atoms with Gasteiger partial charge in [-0.3, -0.25) is 4.98 Å². The third-order valence-electron chi connectivity index (χ3n) is 4.31. The molecule has 2 atom stereocenters. The molecule has 3 heterocycles. The van der Waals surface area contributed by atoms with Crippen molar-refractivity contribution < 1.29 is 0 Å². The minimum Gasteiger partial charge on any atom is -0.367 e. The van der Waals surface area contributed by atoms with Crippen LogP contribution in [-0.2, 0) is 0 Å². The SMILES string of the molecule is CCC1CC(CC)n2nc(-c3ccncc3)c(C)c2N1. The van der Waals surface area contributed by atoms with Crippen LogP contribution in [0.15, 0.2) is 24.5 Å². The van der Waals surface area contributed by atoms with Gasteiger partial charge in [0.1, 0.15) is 5.82 Å². The number of fused-ring (bicyclic) bond motifs is 1. The quantitative estimate of drug-likeness (QED) is 0.922. The zero-order valence-corrected chi connectivity index (χ0v) is 12.4. The number of rotatable bonds is 3. The molecule has 0 fully saturated rings. The Labute approximate surface area is 120 Å². The lowest BCUT2D eigenvalue weighted by molar-refractivity contribution is 0.363. The van der Waals surface area contributed by atoms with Crippen LogP contribution < -0.4 is 5.32 Å². The summed E-state index contributed by atoms with van der Waals surface area (Å²) in [6.07, 6.45) is 7.10. The van der Waals surface area contributed by atoms with E-state index in [1.807, 2.05) is 24.5 Å². The Morgan fingerprint density at radius 1 is 1.25 bits per heavy atom. The Bertz CT molecular complexity index is 588. The number of hydrogen-bond donors (Lipinski definition) is 1. The molecule has 0 aliphatic carbocycles. The molecule has 1 aliphatic rings. The first-order valence-corrected chi connectivity index (χ1v) is 7.50. The molecule has 106 valence electrons. The van der Waals surface area contributed by atoms with Gasteiger partial charge in [-0.15, -0.1) is 0 Å². The molecule has 4 heteroatoms. The van der Waals surface area contributed by atoms with Gasteiger partial charge in [0.2, 0.25) is 0 Å². The van der Waals surface area contributed by atoms with Gasteiger partial charge in [0.15, 0.2) is 0 Å². The highest BCUT2D eigenvalue weighted by molar-refractivity contribution is 5.69. The predicted molar refractivity (Wildman–Crippen MR) is 81.8 cm³/mol. The minimum atomic E-state index is 0.505. The predicted octanol–water partition coefficient (Wildman–Crippen LogP) is 3.80. The highest BCUT2D eigenvalue weighted by Gasteiger charge is 2.28. The van der Waals surface area contributed by atoms with Gasteiger partial charge >= 0.3 is 0 Å². The van der Waals surface area contributed by atoms with Gasteiger partial charge in [-0.05, 0) is 38.3 Å². The molecule has 1 aliphatic heterocycles. The van der Waals surface area contributed by atoms with Crippen molar-refractivity contribution in [2.24, 2.45) is 0 Å². The third-order valence-corrected chi connectivity index (χ3v) is 4.31. The molecule has 4 nitrogen and oxygen atoms in total. The average Bonchev–Trinajstić information content (AvgIpc) is 2.84. The molecule has 0 aromatic carbocycles. The van der Waals surface area contributed by atoms with Crippen molar-refractivity contribution in [3.05, 3.63) is 30.1 Å². The number of aromatic nitrogens is 3. The molecule has 20 heavy (non-hydrogen) atoms. The molecule has 3 rings (SSSR count). The zero-order chi connectivity index (χ0) is 14.1. The molecule has 0 bridgehead atoms. The summed E-state index contributed by atoms with van der Waals surface area (Å²) >= 11 is 0. The van der Waals surface area contributed by atoms with Gasteiger partial charge in [0.25, 0.3) is 0 Å². The van der Waals surface area contributed by atoms with Gasteiger partial charge < -0.3 is 5.32 Å². The van der Waals surface area contributed by atoms with Crippen LogP contribution in [0.3, 0.4) is 0 Å². The Morgan fingerprint density at radius 3 is 2.65 bits per heavy atom. The second-order valence-electron chi connectivity index (χ2n) is 5.55. The fourth-order valence-corrected chi connectivity index (χ4v) is 3.03. The summed E-state index contributed by atoms with van der Waals surface area (Å²) in [4.78, 5) is 4.09. The van der Waals surface area contributed by atoms with Crippen LogP contribution in [0.5, 0.6) is 0 Å². The fraction of sp³-hybridized carbons (Fsp3) is 0.500. The monoisotopic (exact) mass is 270 g/mol. The molecule has 0 radical (unpaired) electrons. The van der Waals surface area contributed by atoms with E-state index in [1.54, 1.807) is 0 Å². The van der Waals surface area contributed by atoms with E-state index in [1.165, 1.54) is 11.4 Å². The smallest absolute Gasteiger partial charge is 0.128 e. The highest BCUT2D eigenvalue weighted by Crippen LogP contribution is 2.36. The summed E-state index contributed by atoms with van der Waals surface area (Å²) in [5.74, 6) is 1.20. The summed E-state index contributed by atoms with van der Waals surface area (Å²) in [5, 5.41) is 8.52. The zero-order valence-electron chi connectivity index (χ0n) is 12.4. The topological polar surface area (TPSA) is 42.7 Å². The fourth-order valence-electron chi connectivity index (χ4n) is 3.03. The standard InChI is InChI=1S/C16H22N4/c1-4-13-10-14(5-2)20-16(18-13)11(3)15(19-20)12-6-8-17-9-7-12/h6-9,13-14,18H,4-5,10H2,1-3H3. The molecule has 2 aromatic rings. The van der Waals surface area contributed by atoms with Crippen molar-refractivity contribution in [2.45, 2.75) is 52.1 Å². The second-order valence-corrected chi connectivity index (χ2v) is 5.55. The van der Waals surface area contributed by atoms with E-state index >= 15 is 0 Å². The van der Waals surface area contributed by atoms with Crippen LogP contribution in [0.2, 0.25) is 0 Å². The summed E-state index contributed by atoms with van der Waals surface area (Å²) < 4.78 is 2.19. The van der Waals surface area contributed by atoms with Gasteiger partial charge in [0, 0.05) is 29.6 Å². The summed E-state index contributed by atoms with van der Waals surface area (Å²) in [7, 11) is 0. The van der Waals surface area contributed by atoms with Crippen molar-refractivity contribution in [3.8, 4) is 11.3 Å². The Balaban J connectivity index is 2.07. The first-order chi connectivity index (χ1) is 9.74. The van der Waals surface area contributed by atoms with Crippen molar-refractivity contribution in [1.82, 2.24) is 14.8 Å². The molecule has 0 spiro atoms. The van der Waals surface area contributed by atoms with Gasteiger partial charge in [-0.25, -0.2) is 4.68 Å². The molecule has 2 unspecified atom stereocenters. The Hall–Kier alpha value is -1.84. The van der Waals surface area contributed by atoms with Crippen molar-refractivity contribution in [3.63, 3.8) is 0 Å². The van der Waals surface area contributed by atoms with E-state index in [2.05, 4.69) is 35.8 Å². The molecule has 0 amide bonds. The van der Waals surface area contributed by atoms with Crippen LogP contribution in [0, 0.1) is 6.92 Å². The Kier molecular flexibility index (Phi) is 3.47. The van der Waals surface area contributed by atoms with Crippen molar-refractivity contribution in [2.75, 3.05) is 5.32 Å². The molecule has 0 saturated carbocycles. The largest absolute Gasteiger partial charge is 0.367 e. The molecule has 1 N–H and O–H groups in total. The van der Waals surface area contributed by atoms with E-state index in [4.69, 9.17) is 5.10 Å². The number of nitrogens with one attached hydrogen (secondary N) is 1. The maximum atomic E-state index is 4.87. The lowest BCUT2D eigenvalue weighted by atomic mass is 10.00. The molecule has 2 aromatic heterocycles. The third kappa shape index (κ3) is 2.09. The van der Waals surface area contributed by atoms with Crippen LogP contribution in [0.1, 0.15) is 44.7 Å². The Morgan fingerprint density at radius 2 is 2.00 bits per heavy atom. The molecular weight excluding hydrogens is 248 g/mol. The molecule has 0 saturated heterocycles. The molecular formula is C16H22N4. The normalized spacial score (nSPS) is 21.4. The summed E-state index contributed by atoms with van der Waals surface area (Å²) in [6.45, 7) is 6.65. The van der Waals surface area contributed by atoms with E-state index in [0.717, 1.165) is 30.5 Å². The average molecular weight is 270 g/mol. The maximum absolute atomic E-state index is 4.87. The lowest BCUT2D eigenvalue weighted by Gasteiger charge is -2.31. The van der Waals surface area contributed by atoms with Gasteiger partial charge in [0.05, 0.1) is 11.7 Å². The highest BCUT2D eigenvalue weighted by atomic mass is 15.4. The van der Waals surface area contributed by atoms with Gasteiger partial charge in [-0.2, -0.15) is 5.10 Å².